The van der Waals surface area contributed by atoms with Crippen molar-refractivity contribution in [3.63, 3.8) is 0 Å². The standard InChI is InChI=1S/C32H44O6/c1-29(2)17-22(11-9-15-31(5,6)28(36)37)26(34)24(19-29)13-14-25-20-30(3,4)18-23(27(25)35)12-10-16-32(7,8)38-21-33/h13-14,17-21H,9-12,15-16H2,1-8H3,(H,36,37). The van der Waals surface area contributed by atoms with Crippen molar-refractivity contribution in [3.8, 4) is 0 Å². The van der Waals surface area contributed by atoms with E-state index in [2.05, 4.69) is 0 Å². The van der Waals surface area contributed by atoms with Gasteiger partial charge in [-0.25, -0.2) is 0 Å². The van der Waals surface area contributed by atoms with Gasteiger partial charge in [-0.15, -0.1) is 0 Å². The zero-order valence-corrected chi connectivity index (χ0v) is 24.3. The van der Waals surface area contributed by atoms with E-state index in [9.17, 15) is 24.3 Å². The Balaban J connectivity index is 2.15. The number of ketones is 2. The van der Waals surface area contributed by atoms with Gasteiger partial charge < -0.3 is 9.84 Å². The number of carbonyl (C=O) groups excluding carboxylic acids is 3. The maximum absolute atomic E-state index is 13.3. The number of aliphatic carboxylic acids is 1. The van der Waals surface area contributed by atoms with E-state index in [0.717, 1.165) is 5.57 Å². The summed E-state index contributed by atoms with van der Waals surface area (Å²) in [4.78, 5) is 48.7. The molecule has 0 saturated carbocycles. The zero-order valence-electron chi connectivity index (χ0n) is 24.3. The number of hydrogen-bond donors (Lipinski definition) is 1. The number of carboxylic acid groups (broad SMARTS) is 1. The van der Waals surface area contributed by atoms with E-state index < -0.39 is 17.0 Å². The maximum atomic E-state index is 13.3. The molecule has 0 saturated heterocycles. The lowest BCUT2D eigenvalue weighted by molar-refractivity contribution is -0.147. The van der Waals surface area contributed by atoms with E-state index >= 15 is 0 Å². The van der Waals surface area contributed by atoms with Crippen LogP contribution in [0.15, 0.2) is 58.7 Å². The minimum absolute atomic E-state index is 0.0514. The van der Waals surface area contributed by atoms with Crippen LogP contribution in [0.25, 0.3) is 0 Å². The van der Waals surface area contributed by atoms with Crippen molar-refractivity contribution < 1.29 is 29.0 Å². The molecule has 0 atom stereocenters. The molecule has 6 nitrogen and oxygen atoms in total. The highest BCUT2D eigenvalue weighted by molar-refractivity contribution is 6.13. The molecule has 0 spiro atoms. The van der Waals surface area contributed by atoms with Crippen LogP contribution in [0.2, 0.25) is 0 Å². The lowest BCUT2D eigenvalue weighted by atomic mass is 9.77. The molecule has 2 rings (SSSR count). The van der Waals surface area contributed by atoms with Crippen LogP contribution in [-0.4, -0.2) is 34.7 Å². The van der Waals surface area contributed by atoms with Crippen LogP contribution < -0.4 is 0 Å². The van der Waals surface area contributed by atoms with E-state index in [1.54, 1.807) is 26.0 Å². The first-order valence-electron chi connectivity index (χ1n) is 13.4. The van der Waals surface area contributed by atoms with Gasteiger partial charge in [-0.05, 0) is 77.4 Å². The first kappa shape index (κ1) is 31.2. The fraction of sp³-hybridized carbons (Fsp3) is 0.562. The maximum Gasteiger partial charge on any atom is 0.309 e. The lowest BCUT2D eigenvalue weighted by Crippen LogP contribution is -2.24. The van der Waals surface area contributed by atoms with Crippen LogP contribution in [0.1, 0.15) is 93.9 Å². The molecule has 0 fully saturated rings. The van der Waals surface area contributed by atoms with Crippen molar-refractivity contribution in [1.82, 2.24) is 0 Å². The molecule has 208 valence electrons. The van der Waals surface area contributed by atoms with Gasteiger partial charge in [0.1, 0.15) is 5.60 Å². The fourth-order valence-corrected chi connectivity index (χ4v) is 4.94. The molecule has 0 bridgehead atoms. The predicted octanol–water partition coefficient (Wildman–Crippen LogP) is 6.87. The topological polar surface area (TPSA) is 97.7 Å². The van der Waals surface area contributed by atoms with Crippen molar-refractivity contribution in [2.75, 3.05) is 0 Å². The number of hydrogen-bond acceptors (Lipinski definition) is 5. The molecular weight excluding hydrogens is 480 g/mol. The second kappa shape index (κ2) is 11.8. The number of rotatable bonds is 13. The van der Waals surface area contributed by atoms with E-state index in [1.807, 2.05) is 65.8 Å². The zero-order chi connectivity index (χ0) is 28.9. The van der Waals surface area contributed by atoms with Gasteiger partial charge in [0.25, 0.3) is 6.47 Å². The minimum atomic E-state index is -0.843. The summed E-state index contributed by atoms with van der Waals surface area (Å²) in [5.74, 6) is -0.973. The Hall–Kier alpha value is -3.02. The van der Waals surface area contributed by atoms with E-state index in [1.165, 1.54) is 0 Å². The average molecular weight is 525 g/mol. The second-order valence-electron chi connectivity index (χ2n) is 13.0. The molecule has 0 aliphatic heterocycles. The molecule has 0 aromatic heterocycles. The van der Waals surface area contributed by atoms with Gasteiger partial charge in [0.2, 0.25) is 0 Å². The molecule has 6 heteroatoms. The highest BCUT2D eigenvalue weighted by atomic mass is 16.5. The molecule has 0 radical (unpaired) electrons. The smallest absolute Gasteiger partial charge is 0.309 e. The Morgan fingerprint density at radius 2 is 1.24 bits per heavy atom. The number of carbonyl (C=O) groups is 4. The summed E-state index contributed by atoms with van der Waals surface area (Å²) in [5.41, 5.74) is 0.440. The van der Waals surface area contributed by atoms with Crippen molar-refractivity contribution >= 4 is 24.0 Å². The Morgan fingerprint density at radius 1 is 0.816 bits per heavy atom. The van der Waals surface area contributed by atoms with E-state index in [-0.39, 0.29) is 22.4 Å². The van der Waals surface area contributed by atoms with Crippen molar-refractivity contribution in [1.29, 1.82) is 0 Å². The van der Waals surface area contributed by atoms with Crippen LogP contribution in [-0.2, 0) is 23.9 Å². The Bertz CT molecular complexity index is 1120. The highest BCUT2D eigenvalue weighted by Gasteiger charge is 2.30. The van der Waals surface area contributed by atoms with Gasteiger partial charge in [0, 0.05) is 22.0 Å². The molecule has 0 aromatic rings. The first-order chi connectivity index (χ1) is 17.4. The number of allylic oxidation sites excluding steroid dienone is 10. The molecule has 38 heavy (non-hydrogen) atoms. The summed E-state index contributed by atoms with van der Waals surface area (Å²) in [6.07, 6.45) is 14.8. The van der Waals surface area contributed by atoms with Crippen LogP contribution in [0.3, 0.4) is 0 Å². The summed E-state index contributed by atoms with van der Waals surface area (Å²) >= 11 is 0. The highest BCUT2D eigenvalue weighted by Crippen LogP contribution is 2.36. The molecule has 1 N–H and O–H groups in total. The van der Waals surface area contributed by atoms with Crippen LogP contribution in [0.4, 0.5) is 0 Å². The predicted molar refractivity (Wildman–Crippen MR) is 149 cm³/mol. The number of Topliss-reactive ketones (excluding diaryl/α,β-unsaturated/α-hetero) is 2. The van der Waals surface area contributed by atoms with Crippen LogP contribution in [0.5, 0.6) is 0 Å². The molecular formula is C32H44O6. The lowest BCUT2D eigenvalue weighted by Gasteiger charge is -2.27. The quantitative estimate of drug-likeness (QED) is 0.264. The number of ether oxygens (including phenoxy) is 1. The van der Waals surface area contributed by atoms with Gasteiger partial charge >= 0.3 is 5.97 Å². The van der Waals surface area contributed by atoms with Crippen LogP contribution in [0, 0.1) is 16.2 Å². The molecule has 0 heterocycles. The number of carboxylic acids is 1. The molecule has 2 aliphatic rings. The Kier molecular flexibility index (Phi) is 9.68. The summed E-state index contributed by atoms with van der Waals surface area (Å²) in [6, 6.07) is 0. The van der Waals surface area contributed by atoms with Crippen molar-refractivity contribution in [3.05, 3.63) is 58.7 Å². The molecule has 2 aliphatic carbocycles. The Labute approximate surface area is 227 Å². The first-order valence-corrected chi connectivity index (χ1v) is 13.4. The summed E-state index contributed by atoms with van der Waals surface area (Å²) in [7, 11) is 0. The normalized spacial score (nSPS) is 19.5. The SMILES string of the molecule is CC1(C)C=C(C=CC2=CC(C)(C)C=C(CCCC(C)(C)C(=O)O)C2=O)C(=O)C(CCCC(C)(C)OC=O)=C1. The third-order valence-electron chi connectivity index (χ3n) is 7.12. The Morgan fingerprint density at radius 3 is 1.63 bits per heavy atom. The average Bonchev–Trinajstić information content (AvgIpc) is 2.76. The molecule has 0 amide bonds. The summed E-state index contributed by atoms with van der Waals surface area (Å²) < 4.78 is 5.12. The van der Waals surface area contributed by atoms with E-state index in [0.29, 0.717) is 61.7 Å². The van der Waals surface area contributed by atoms with E-state index in [4.69, 9.17) is 4.74 Å². The third-order valence-corrected chi connectivity index (χ3v) is 7.12. The van der Waals surface area contributed by atoms with Crippen LogP contribution >= 0.6 is 0 Å². The van der Waals surface area contributed by atoms with Gasteiger partial charge in [0.15, 0.2) is 11.6 Å². The molecule has 0 aromatic carbocycles. The second-order valence-corrected chi connectivity index (χ2v) is 13.0. The molecule has 0 unspecified atom stereocenters. The summed E-state index contributed by atoms with van der Waals surface area (Å²) in [6.45, 7) is 15.7. The third kappa shape index (κ3) is 8.78. The fourth-order valence-electron chi connectivity index (χ4n) is 4.94. The van der Waals surface area contributed by atoms with Gasteiger partial charge in [-0.3, -0.25) is 19.2 Å². The van der Waals surface area contributed by atoms with Crippen molar-refractivity contribution in [2.45, 2.75) is 99.5 Å². The van der Waals surface area contributed by atoms with Gasteiger partial charge in [0.05, 0.1) is 5.41 Å². The van der Waals surface area contributed by atoms with Crippen molar-refractivity contribution in [2.24, 2.45) is 16.2 Å². The van der Waals surface area contributed by atoms with Gasteiger partial charge in [-0.1, -0.05) is 64.2 Å². The largest absolute Gasteiger partial charge is 0.481 e. The minimum Gasteiger partial charge on any atom is -0.481 e. The summed E-state index contributed by atoms with van der Waals surface area (Å²) in [5, 5.41) is 9.38. The van der Waals surface area contributed by atoms with Gasteiger partial charge in [-0.2, -0.15) is 0 Å². The monoisotopic (exact) mass is 524 g/mol.